The number of carbonyl (C=O) groups excluding carboxylic acids is 1. The van der Waals surface area contributed by atoms with Crippen LogP contribution < -0.4 is 10.6 Å². The number of nitrogens with zero attached hydrogens (tertiary/aromatic N) is 1. The Morgan fingerprint density at radius 2 is 2.29 bits per heavy atom. The fourth-order valence-electron chi connectivity index (χ4n) is 2.29. The van der Waals surface area contributed by atoms with Gasteiger partial charge in [-0.15, -0.1) is 0 Å². The van der Waals surface area contributed by atoms with Crippen LogP contribution in [0, 0.1) is 0 Å². The van der Waals surface area contributed by atoms with E-state index in [0.717, 1.165) is 26.1 Å². The first kappa shape index (κ1) is 9.77. The highest BCUT2D eigenvalue weighted by molar-refractivity contribution is 5.78. The van der Waals surface area contributed by atoms with Crippen LogP contribution >= 0.6 is 0 Å². The molecule has 4 nitrogen and oxygen atoms in total. The van der Waals surface area contributed by atoms with Gasteiger partial charge in [0, 0.05) is 19.1 Å². The van der Waals surface area contributed by atoms with Gasteiger partial charge in [-0.1, -0.05) is 0 Å². The molecule has 0 aromatic carbocycles. The normalized spacial score (nSPS) is 31.7. The molecule has 2 fully saturated rings. The predicted molar refractivity (Wildman–Crippen MR) is 55.2 cm³/mol. The molecule has 2 aliphatic heterocycles. The van der Waals surface area contributed by atoms with Gasteiger partial charge in [-0.3, -0.25) is 0 Å². The fraction of sp³-hybridized carbons (Fsp3) is 0.900. The fourth-order valence-corrected chi connectivity index (χ4v) is 2.29. The van der Waals surface area contributed by atoms with E-state index in [4.69, 9.17) is 0 Å². The molecule has 2 rings (SSSR count). The molecule has 0 saturated carbocycles. The number of rotatable bonds is 1. The van der Waals surface area contributed by atoms with Crippen molar-refractivity contribution < 1.29 is 4.79 Å². The van der Waals surface area contributed by atoms with E-state index in [-0.39, 0.29) is 11.6 Å². The van der Waals surface area contributed by atoms with Crippen molar-refractivity contribution >= 4 is 6.03 Å². The van der Waals surface area contributed by atoms with E-state index < -0.39 is 0 Å². The number of nitrogens with one attached hydrogen (secondary N) is 2. The molecule has 2 N–H and O–H groups in total. The Balaban J connectivity index is 2.00. The molecule has 2 saturated heterocycles. The lowest BCUT2D eigenvalue weighted by Gasteiger charge is -2.31. The quantitative estimate of drug-likeness (QED) is 0.644. The van der Waals surface area contributed by atoms with Gasteiger partial charge in [-0.05, 0) is 33.2 Å². The van der Waals surface area contributed by atoms with Crippen LogP contribution in [0.2, 0.25) is 0 Å². The van der Waals surface area contributed by atoms with Gasteiger partial charge in [-0.25, -0.2) is 4.79 Å². The number of amides is 2. The van der Waals surface area contributed by atoms with E-state index in [0.29, 0.717) is 6.04 Å². The van der Waals surface area contributed by atoms with Gasteiger partial charge in [0.1, 0.15) is 0 Å². The van der Waals surface area contributed by atoms with Crippen molar-refractivity contribution in [1.29, 1.82) is 0 Å². The zero-order valence-electron chi connectivity index (χ0n) is 8.97. The number of hydrogen-bond donors (Lipinski definition) is 2. The van der Waals surface area contributed by atoms with Crippen molar-refractivity contribution in [2.45, 2.75) is 38.3 Å². The van der Waals surface area contributed by atoms with E-state index in [9.17, 15) is 4.79 Å². The van der Waals surface area contributed by atoms with Crippen molar-refractivity contribution in [3.63, 3.8) is 0 Å². The number of urea groups is 1. The highest BCUT2D eigenvalue weighted by atomic mass is 16.2. The largest absolute Gasteiger partial charge is 0.331 e. The Bertz CT molecular complexity index is 234. The third kappa shape index (κ3) is 1.85. The Labute approximate surface area is 85.0 Å². The molecule has 0 radical (unpaired) electrons. The van der Waals surface area contributed by atoms with Crippen molar-refractivity contribution in [2.24, 2.45) is 0 Å². The first-order chi connectivity index (χ1) is 6.58. The van der Waals surface area contributed by atoms with Crippen LogP contribution in [0.4, 0.5) is 4.79 Å². The van der Waals surface area contributed by atoms with Crippen LogP contribution in [0.3, 0.4) is 0 Å². The molecule has 1 atom stereocenters. The van der Waals surface area contributed by atoms with Crippen molar-refractivity contribution in [1.82, 2.24) is 15.5 Å². The van der Waals surface area contributed by atoms with Gasteiger partial charge in [0.15, 0.2) is 0 Å². The Kier molecular flexibility index (Phi) is 2.39. The maximum atomic E-state index is 11.7. The van der Waals surface area contributed by atoms with E-state index in [1.54, 1.807) is 0 Å². The summed E-state index contributed by atoms with van der Waals surface area (Å²) in [5.41, 5.74) is -0.0610. The zero-order chi connectivity index (χ0) is 10.2. The molecular formula is C10H19N3O. The van der Waals surface area contributed by atoms with Crippen LogP contribution in [0.25, 0.3) is 0 Å². The van der Waals surface area contributed by atoms with E-state index in [1.807, 2.05) is 4.90 Å². The SMILES string of the molecule is CC1(C)CN([C@H]2CCCNC2)C(=O)N1. The standard InChI is InChI=1S/C10H19N3O/c1-10(2)7-13(9(14)12-10)8-4-3-5-11-6-8/h8,11H,3-7H2,1-2H3,(H,12,14)/t8-/m0/s1. The summed E-state index contributed by atoms with van der Waals surface area (Å²) in [4.78, 5) is 13.7. The maximum Gasteiger partial charge on any atom is 0.318 e. The summed E-state index contributed by atoms with van der Waals surface area (Å²) in [6.45, 7) is 7.01. The molecule has 0 aliphatic carbocycles. The van der Waals surface area contributed by atoms with Gasteiger partial charge in [0.25, 0.3) is 0 Å². The Morgan fingerprint density at radius 3 is 2.79 bits per heavy atom. The Morgan fingerprint density at radius 1 is 1.50 bits per heavy atom. The number of carbonyl (C=O) groups is 1. The van der Waals surface area contributed by atoms with Gasteiger partial charge in [0.05, 0.1) is 5.54 Å². The third-order valence-electron chi connectivity index (χ3n) is 2.98. The third-order valence-corrected chi connectivity index (χ3v) is 2.98. The average Bonchev–Trinajstić information content (AvgIpc) is 2.41. The molecule has 2 heterocycles. The lowest BCUT2D eigenvalue weighted by Crippen LogP contribution is -2.47. The molecule has 0 bridgehead atoms. The van der Waals surface area contributed by atoms with Gasteiger partial charge < -0.3 is 15.5 Å². The predicted octanol–water partition coefficient (Wildman–Crippen LogP) is 0.542. The van der Waals surface area contributed by atoms with Crippen LogP contribution in [-0.4, -0.2) is 42.1 Å². The highest BCUT2D eigenvalue weighted by Gasteiger charge is 2.38. The summed E-state index contributed by atoms with van der Waals surface area (Å²) < 4.78 is 0. The maximum absolute atomic E-state index is 11.7. The van der Waals surface area contributed by atoms with Gasteiger partial charge in [0.2, 0.25) is 0 Å². The molecule has 0 aromatic heterocycles. The molecule has 14 heavy (non-hydrogen) atoms. The van der Waals surface area contributed by atoms with Crippen LogP contribution in [-0.2, 0) is 0 Å². The first-order valence-corrected chi connectivity index (χ1v) is 5.38. The Hall–Kier alpha value is -0.770. The molecule has 80 valence electrons. The molecule has 2 amide bonds. The summed E-state index contributed by atoms with van der Waals surface area (Å²) >= 11 is 0. The second-order valence-electron chi connectivity index (χ2n) is 4.94. The van der Waals surface area contributed by atoms with E-state index >= 15 is 0 Å². The second kappa shape index (κ2) is 3.42. The summed E-state index contributed by atoms with van der Waals surface area (Å²) in [6, 6.07) is 0.495. The summed E-state index contributed by atoms with van der Waals surface area (Å²) in [7, 11) is 0. The summed E-state index contributed by atoms with van der Waals surface area (Å²) in [6.07, 6.45) is 2.31. The van der Waals surface area contributed by atoms with Crippen LogP contribution in [0.15, 0.2) is 0 Å². The zero-order valence-corrected chi connectivity index (χ0v) is 8.97. The highest BCUT2D eigenvalue weighted by Crippen LogP contribution is 2.20. The second-order valence-corrected chi connectivity index (χ2v) is 4.94. The molecule has 2 aliphatic rings. The minimum atomic E-state index is -0.0610. The number of piperidine rings is 1. The molecule has 0 unspecified atom stereocenters. The van der Waals surface area contributed by atoms with Crippen molar-refractivity contribution in [3.8, 4) is 0 Å². The lowest BCUT2D eigenvalue weighted by molar-refractivity contribution is 0.182. The molecule has 0 spiro atoms. The van der Waals surface area contributed by atoms with Crippen LogP contribution in [0.5, 0.6) is 0 Å². The van der Waals surface area contributed by atoms with Crippen LogP contribution in [0.1, 0.15) is 26.7 Å². The topological polar surface area (TPSA) is 44.4 Å². The minimum absolute atomic E-state index is 0.0610. The van der Waals surface area contributed by atoms with Crippen molar-refractivity contribution in [3.05, 3.63) is 0 Å². The molecular weight excluding hydrogens is 178 g/mol. The van der Waals surface area contributed by atoms with Gasteiger partial charge in [-0.2, -0.15) is 0 Å². The molecule has 4 heteroatoms. The lowest BCUT2D eigenvalue weighted by atomic mass is 10.0. The summed E-state index contributed by atoms with van der Waals surface area (Å²) in [5.74, 6) is 0. The van der Waals surface area contributed by atoms with E-state index in [2.05, 4.69) is 24.5 Å². The minimum Gasteiger partial charge on any atom is -0.331 e. The molecule has 0 aromatic rings. The van der Waals surface area contributed by atoms with E-state index in [1.165, 1.54) is 6.42 Å². The van der Waals surface area contributed by atoms with Gasteiger partial charge >= 0.3 is 6.03 Å². The summed E-state index contributed by atoms with van der Waals surface area (Å²) in [5, 5.41) is 6.34. The monoisotopic (exact) mass is 197 g/mol. The number of hydrogen-bond acceptors (Lipinski definition) is 2. The first-order valence-electron chi connectivity index (χ1n) is 5.38. The average molecular weight is 197 g/mol. The smallest absolute Gasteiger partial charge is 0.318 e. The van der Waals surface area contributed by atoms with Crippen molar-refractivity contribution in [2.75, 3.05) is 19.6 Å².